The fourth-order valence-corrected chi connectivity index (χ4v) is 1.68. The van der Waals surface area contributed by atoms with E-state index < -0.39 is 0 Å². The third-order valence-corrected chi connectivity index (χ3v) is 2.78. The minimum atomic E-state index is 0.00255. The number of pyridine rings is 1. The molecule has 0 aliphatic heterocycles. The molecule has 1 aromatic rings. The van der Waals surface area contributed by atoms with E-state index in [-0.39, 0.29) is 5.78 Å². The molecule has 1 heterocycles. The van der Waals surface area contributed by atoms with Crippen LogP contribution in [-0.2, 0) is 0 Å². The van der Waals surface area contributed by atoms with E-state index >= 15 is 0 Å². The second-order valence-electron chi connectivity index (χ2n) is 4.09. The molecule has 1 aliphatic rings. The molecule has 0 saturated heterocycles. The van der Waals surface area contributed by atoms with Crippen LogP contribution in [0.15, 0.2) is 23.9 Å². The summed E-state index contributed by atoms with van der Waals surface area (Å²) in [6, 6.07) is 1.82. The molecule has 16 heavy (non-hydrogen) atoms. The average molecular weight is 215 g/mol. The molecular weight excluding hydrogens is 201 g/mol. The van der Waals surface area contributed by atoms with Crippen LogP contribution in [0.5, 0.6) is 5.88 Å². The van der Waals surface area contributed by atoms with E-state index in [4.69, 9.17) is 4.74 Å². The lowest BCUT2D eigenvalue weighted by atomic mass is 9.90. The number of hydrogen-bond acceptors (Lipinski definition) is 3. The molecule has 0 bridgehead atoms. The molecule has 2 rings (SSSR count). The van der Waals surface area contributed by atoms with Crippen LogP contribution < -0.4 is 10.2 Å². The van der Waals surface area contributed by atoms with E-state index in [0.717, 1.165) is 18.3 Å². The van der Waals surface area contributed by atoms with Crippen LogP contribution in [0.2, 0.25) is 0 Å². The van der Waals surface area contributed by atoms with Crippen molar-refractivity contribution < 1.29 is 9.53 Å². The zero-order valence-electron chi connectivity index (χ0n) is 9.62. The van der Waals surface area contributed by atoms with Crippen LogP contribution in [-0.4, -0.2) is 25.7 Å². The Morgan fingerprint density at radius 3 is 2.88 bits per heavy atom. The third kappa shape index (κ3) is 2.16. The van der Waals surface area contributed by atoms with Crippen molar-refractivity contribution >= 4 is 19.1 Å². The minimum absolute atomic E-state index is 0.00255. The number of nitrogens with zero attached hydrogens (tertiary/aromatic N) is 1. The normalized spacial score (nSPS) is 14.2. The van der Waals surface area contributed by atoms with Crippen molar-refractivity contribution in [2.45, 2.75) is 19.3 Å². The lowest BCUT2D eigenvalue weighted by molar-refractivity contribution is 0.104. The number of hydrogen-bond donors (Lipinski definition) is 0. The first-order valence-electron chi connectivity index (χ1n) is 5.45. The Bertz CT molecular complexity index is 448. The summed E-state index contributed by atoms with van der Waals surface area (Å²) in [5.41, 5.74) is 2.76. The number of rotatable bonds is 3. The molecule has 3 nitrogen and oxygen atoms in total. The number of carbonyl (C=O) groups is 1. The van der Waals surface area contributed by atoms with Crippen LogP contribution in [0, 0.1) is 0 Å². The predicted octanol–water partition coefficient (Wildman–Crippen LogP) is 0.642. The summed E-state index contributed by atoms with van der Waals surface area (Å²) in [4.78, 5) is 16.1. The zero-order valence-corrected chi connectivity index (χ0v) is 9.62. The molecule has 0 spiro atoms. The van der Waals surface area contributed by atoms with Gasteiger partial charge in [0.1, 0.15) is 7.85 Å². The second kappa shape index (κ2) is 4.52. The number of allylic oxidation sites excluding steroid dienone is 2. The van der Waals surface area contributed by atoms with Crippen LogP contribution >= 0.6 is 0 Å². The van der Waals surface area contributed by atoms with Gasteiger partial charge in [-0.15, -0.1) is 0 Å². The van der Waals surface area contributed by atoms with Gasteiger partial charge in [0, 0.05) is 6.20 Å². The van der Waals surface area contributed by atoms with Gasteiger partial charge < -0.3 is 4.74 Å². The fourth-order valence-electron chi connectivity index (χ4n) is 1.68. The zero-order chi connectivity index (χ0) is 11.5. The Labute approximate surface area is 95.9 Å². The number of ketones is 1. The number of carbonyl (C=O) groups excluding carboxylic acids is 1. The number of aromatic nitrogens is 1. The molecule has 0 radical (unpaired) electrons. The third-order valence-electron chi connectivity index (χ3n) is 2.78. The maximum Gasteiger partial charge on any atom is 0.224 e. The first-order chi connectivity index (χ1) is 7.70. The minimum Gasteiger partial charge on any atom is -0.480 e. The second-order valence-corrected chi connectivity index (χ2v) is 4.09. The summed E-state index contributed by atoms with van der Waals surface area (Å²) in [6.45, 7) is 0. The Morgan fingerprint density at radius 2 is 2.31 bits per heavy atom. The summed E-state index contributed by atoms with van der Waals surface area (Å²) < 4.78 is 5.09. The Balaban J connectivity index is 2.30. The molecule has 1 aliphatic carbocycles. The first-order valence-corrected chi connectivity index (χ1v) is 5.45. The van der Waals surface area contributed by atoms with Crippen LogP contribution in [0.3, 0.4) is 0 Å². The van der Waals surface area contributed by atoms with Gasteiger partial charge in [0.05, 0.1) is 12.7 Å². The average Bonchev–Trinajstić information content (AvgIpc) is 2.23. The summed E-state index contributed by atoms with van der Waals surface area (Å²) in [6.07, 6.45) is 6.72. The van der Waals surface area contributed by atoms with Crippen molar-refractivity contribution in [1.82, 2.24) is 4.98 Å². The van der Waals surface area contributed by atoms with Gasteiger partial charge in [-0.05, 0) is 25.3 Å². The summed E-state index contributed by atoms with van der Waals surface area (Å²) in [5, 5.41) is 0. The molecule has 1 saturated carbocycles. The van der Waals surface area contributed by atoms with Crippen LogP contribution in [0.1, 0.15) is 29.6 Å². The summed E-state index contributed by atoms with van der Waals surface area (Å²) in [5.74, 6) is 0.412. The Kier molecular flexibility index (Phi) is 3.08. The van der Waals surface area contributed by atoms with Crippen molar-refractivity contribution in [3.05, 3.63) is 29.5 Å². The molecule has 0 N–H and O–H groups in total. The van der Waals surface area contributed by atoms with Crippen molar-refractivity contribution in [3.8, 4) is 5.88 Å². The summed E-state index contributed by atoms with van der Waals surface area (Å²) >= 11 is 0. The van der Waals surface area contributed by atoms with Gasteiger partial charge in [-0.3, -0.25) is 4.79 Å². The van der Waals surface area contributed by atoms with Gasteiger partial charge in [-0.25, -0.2) is 4.98 Å². The van der Waals surface area contributed by atoms with Crippen molar-refractivity contribution in [3.63, 3.8) is 0 Å². The molecule has 0 atom stereocenters. The number of methoxy groups -OCH3 is 1. The van der Waals surface area contributed by atoms with E-state index in [2.05, 4.69) is 4.98 Å². The highest BCUT2D eigenvalue weighted by molar-refractivity contribution is 6.32. The molecule has 1 aromatic heterocycles. The largest absolute Gasteiger partial charge is 0.480 e. The van der Waals surface area contributed by atoms with E-state index in [0.29, 0.717) is 11.4 Å². The fraction of sp³-hybridized carbons (Fsp3) is 0.333. The van der Waals surface area contributed by atoms with Crippen molar-refractivity contribution in [1.29, 1.82) is 0 Å². The van der Waals surface area contributed by atoms with Gasteiger partial charge in [0.25, 0.3) is 0 Å². The summed E-state index contributed by atoms with van der Waals surface area (Å²) in [7, 11) is 3.45. The predicted molar refractivity (Wildman–Crippen MR) is 65.2 cm³/mol. The molecule has 1 fully saturated rings. The standard InChI is InChI=1S/C12H14BNO2/c1-16-12-10(6-9(13)7-14-12)11(15)5-8-3-2-4-8/h5-7H,2-4,13H2,1H3. The van der Waals surface area contributed by atoms with Crippen molar-refractivity contribution in [2.75, 3.05) is 7.11 Å². The van der Waals surface area contributed by atoms with E-state index in [1.807, 2.05) is 13.9 Å². The van der Waals surface area contributed by atoms with Gasteiger partial charge in [-0.2, -0.15) is 0 Å². The lowest BCUT2D eigenvalue weighted by Crippen LogP contribution is -2.11. The highest BCUT2D eigenvalue weighted by Gasteiger charge is 2.15. The molecule has 0 amide bonds. The topological polar surface area (TPSA) is 39.2 Å². The Hall–Kier alpha value is -1.58. The molecule has 0 unspecified atom stereocenters. The lowest BCUT2D eigenvalue weighted by Gasteiger charge is -2.15. The van der Waals surface area contributed by atoms with E-state index in [1.54, 1.807) is 12.3 Å². The van der Waals surface area contributed by atoms with Gasteiger partial charge in [0.15, 0.2) is 5.78 Å². The molecular formula is C12H14BNO2. The maximum atomic E-state index is 12.0. The first kappa shape index (κ1) is 10.9. The van der Waals surface area contributed by atoms with Gasteiger partial charge in [-0.1, -0.05) is 17.1 Å². The van der Waals surface area contributed by atoms with Gasteiger partial charge in [0.2, 0.25) is 5.88 Å². The van der Waals surface area contributed by atoms with E-state index in [1.165, 1.54) is 19.1 Å². The monoisotopic (exact) mass is 215 g/mol. The highest BCUT2D eigenvalue weighted by atomic mass is 16.5. The quantitative estimate of drug-likeness (QED) is 0.422. The van der Waals surface area contributed by atoms with Crippen molar-refractivity contribution in [2.24, 2.45) is 0 Å². The molecule has 82 valence electrons. The van der Waals surface area contributed by atoms with E-state index in [9.17, 15) is 4.79 Å². The Morgan fingerprint density at radius 1 is 1.56 bits per heavy atom. The molecule has 0 aromatic carbocycles. The maximum absolute atomic E-state index is 12.0. The SMILES string of the molecule is Bc1cnc(OC)c(C(=O)C=C2CCC2)c1. The smallest absolute Gasteiger partial charge is 0.224 e. The van der Waals surface area contributed by atoms with Crippen LogP contribution in [0.4, 0.5) is 0 Å². The van der Waals surface area contributed by atoms with Gasteiger partial charge >= 0.3 is 0 Å². The highest BCUT2D eigenvalue weighted by Crippen LogP contribution is 2.26. The number of ether oxygens (including phenoxy) is 1. The molecule has 4 heteroatoms. The van der Waals surface area contributed by atoms with Crippen LogP contribution in [0.25, 0.3) is 0 Å².